The molecule has 0 bridgehead atoms. The van der Waals surface area contributed by atoms with Gasteiger partial charge in [0.05, 0.1) is 19.8 Å². The highest BCUT2D eigenvalue weighted by Crippen LogP contribution is 2.33. The van der Waals surface area contributed by atoms with Crippen LogP contribution in [0.15, 0.2) is 16.6 Å². The van der Waals surface area contributed by atoms with Gasteiger partial charge in [0.2, 0.25) is 0 Å². The van der Waals surface area contributed by atoms with Crippen molar-refractivity contribution in [2.45, 2.75) is 26.0 Å². The Kier molecular flexibility index (Phi) is 6.10. The Bertz CT molecular complexity index is 421. The second-order valence-electron chi connectivity index (χ2n) is 4.87. The molecule has 0 aromatic heterocycles. The monoisotopic (exact) mass is 331 g/mol. The zero-order valence-corrected chi connectivity index (χ0v) is 13.8. The average molecular weight is 332 g/mol. The van der Waals surface area contributed by atoms with Gasteiger partial charge in [-0.3, -0.25) is 0 Å². The van der Waals surface area contributed by atoms with E-state index in [1.165, 1.54) is 0 Å². The number of rotatable bonds is 7. The Morgan fingerprint density at radius 1 is 1.11 bits per heavy atom. The lowest BCUT2D eigenvalue weighted by atomic mass is 10.1. The van der Waals surface area contributed by atoms with Crippen molar-refractivity contribution in [2.24, 2.45) is 0 Å². The molecule has 1 N–H and O–H groups in total. The largest absolute Gasteiger partial charge is 0.493 e. The van der Waals surface area contributed by atoms with E-state index in [9.17, 15) is 0 Å². The smallest absolute Gasteiger partial charge is 0.161 e. The van der Waals surface area contributed by atoms with Crippen molar-refractivity contribution in [3.8, 4) is 11.5 Å². The summed E-state index contributed by atoms with van der Waals surface area (Å²) in [5.41, 5.74) is 0.938. The summed E-state index contributed by atoms with van der Waals surface area (Å²) in [5, 5.41) is 3.37. The Morgan fingerprint density at radius 3 is 2.21 bits per heavy atom. The number of hydrogen-bond acceptors (Lipinski definition) is 4. The van der Waals surface area contributed by atoms with E-state index in [0.717, 1.165) is 34.6 Å². The molecule has 1 aromatic rings. The zero-order valence-electron chi connectivity index (χ0n) is 12.2. The number of benzene rings is 1. The molecular weight excluding hydrogens is 310 g/mol. The van der Waals surface area contributed by atoms with E-state index in [1.54, 1.807) is 21.3 Å². The number of ether oxygens (including phenoxy) is 3. The fraction of sp³-hybridized carbons (Fsp3) is 0.571. The lowest BCUT2D eigenvalue weighted by Gasteiger charge is -2.23. The van der Waals surface area contributed by atoms with Gasteiger partial charge in [0.15, 0.2) is 11.5 Å². The highest BCUT2D eigenvalue weighted by molar-refractivity contribution is 9.10. The van der Waals surface area contributed by atoms with Gasteiger partial charge in [0, 0.05) is 24.7 Å². The molecular formula is C14H22BrNO3. The van der Waals surface area contributed by atoms with Crippen LogP contribution in [-0.4, -0.2) is 33.5 Å². The molecule has 1 aromatic carbocycles. The minimum absolute atomic E-state index is 0.178. The highest BCUT2D eigenvalue weighted by Gasteiger charge is 2.16. The average Bonchev–Trinajstić information content (AvgIpc) is 2.40. The van der Waals surface area contributed by atoms with Crippen LogP contribution >= 0.6 is 15.9 Å². The van der Waals surface area contributed by atoms with Gasteiger partial charge in [0.1, 0.15) is 0 Å². The quantitative estimate of drug-likeness (QED) is 0.833. The van der Waals surface area contributed by atoms with Crippen molar-refractivity contribution in [3.63, 3.8) is 0 Å². The Hall–Kier alpha value is -0.780. The van der Waals surface area contributed by atoms with Crippen LogP contribution in [0.25, 0.3) is 0 Å². The van der Waals surface area contributed by atoms with Crippen LogP contribution in [0.3, 0.4) is 0 Å². The molecule has 0 unspecified atom stereocenters. The molecule has 0 amide bonds. The van der Waals surface area contributed by atoms with Gasteiger partial charge < -0.3 is 19.5 Å². The molecule has 4 nitrogen and oxygen atoms in total. The number of halogens is 1. The maximum atomic E-state index is 5.37. The number of nitrogens with one attached hydrogen (secondary N) is 1. The van der Waals surface area contributed by atoms with Crippen molar-refractivity contribution in [1.29, 1.82) is 0 Å². The van der Waals surface area contributed by atoms with Gasteiger partial charge in [-0.15, -0.1) is 0 Å². The first-order valence-electron chi connectivity index (χ1n) is 6.10. The number of hydrogen-bond donors (Lipinski definition) is 1. The summed E-state index contributed by atoms with van der Waals surface area (Å²) in [6, 6.07) is 3.88. The molecule has 108 valence electrons. The van der Waals surface area contributed by atoms with Crippen LogP contribution in [0.4, 0.5) is 0 Å². The predicted octanol–water partition coefficient (Wildman–Crippen LogP) is 2.98. The third kappa shape index (κ3) is 4.67. The Morgan fingerprint density at radius 2 is 1.68 bits per heavy atom. The molecule has 0 fully saturated rings. The van der Waals surface area contributed by atoms with Crippen LogP contribution < -0.4 is 14.8 Å². The van der Waals surface area contributed by atoms with E-state index >= 15 is 0 Å². The maximum Gasteiger partial charge on any atom is 0.161 e. The van der Waals surface area contributed by atoms with Gasteiger partial charge >= 0.3 is 0 Å². The van der Waals surface area contributed by atoms with Gasteiger partial charge in [-0.2, -0.15) is 0 Å². The van der Waals surface area contributed by atoms with E-state index in [4.69, 9.17) is 14.2 Å². The standard InChI is InChI=1S/C14H22BrNO3/c1-14(2,19-5)9-16-8-10-6-12(17-3)13(18-4)7-11(10)15/h6-7,16H,8-9H2,1-5H3. The van der Waals surface area contributed by atoms with E-state index in [0.29, 0.717) is 0 Å². The third-order valence-corrected chi connectivity index (χ3v) is 3.71. The first-order valence-corrected chi connectivity index (χ1v) is 6.89. The molecule has 0 saturated heterocycles. The molecule has 0 atom stereocenters. The predicted molar refractivity (Wildman–Crippen MR) is 80.0 cm³/mol. The molecule has 0 radical (unpaired) electrons. The van der Waals surface area contributed by atoms with Crippen LogP contribution in [0.2, 0.25) is 0 Å². The minimum Gasteiger partial charge on any atom is -0.493 e. The first kappa shape index (κ1) is 16.3. The van der Waals surface area contributed by atoms with Crippen molar-refractivity contribution in [3.05, 3.63) is 22.2 Å². The highest BCUT2D eigenvalue weighted by atomic mass is 79.9. The number of methoxy groups -OCH3 is 3. The lowest BCUT2D eigenvalue weighted by molar-refractivity contribution is 0.0230. The minimum atomic E-state index is -0.178. The van der Waals surface area contributed by atoms with E-state index < -0.39 is 0 Å². The SMILES string of the molecule is COc1cc(Br)c(CNCC(C)(C)OC)cc1OC. The second kappa shape index (κ2) is 7.12. The van der Waals surface area contributed by atoms with Gasteiger partial charge in [-0.25, -0.2) is 0 Å². The lowest BCUT2D eigenvalue weighted by Crippen LogP contribution is -2.36. The van der Waals surface area contributed by atoms with E-state index in [2.05, 4.69) is 21.2 Å². The zero-order chi connectivity index (χ0) is 14.5. The molecule has 0 aliphatic heterocycles. The maximum absolute atomic E-state index is 5.37. The fourth-order valence-corrected chi connectivity index (χ4v) is 2.06. The first-order chi connectivity index (χ1) is 8.93. The van der Waals surface area contributed by atoms with E-state index in [1.807, 2.05) is 26.0 Å². The summed E-state index contributed by atoms with van der Waals surface area (Å²) in [5.74, 6) is 1.45. The molecule has 0 spiro atoms. The van der Waals surface area contributed by atoms with Crippen LogP contribution in [0, 0.1) is 0 Å². The Labute approximate surface area is 123 Å². The van der Waals surface area contributed by atoms with Crippen molar-refractivity contribution >= 4 is 15.9 Å². The van der Waals surface area contributed by atoms with Crippen LogP contribution in [0.5, 0.6) is 11.5 Å². The van der Waals surface area contributed by atoms with Gasteiger partial charge in [0.25, 0.3) is 0 Å². The third-order valence-electron chi connectivity index (χ3n) is 2.97. The van der Waals surface area contributed by atoms with Gasteiger partial charge in [-0.05, 0) is 31.5 Å². The molecule has 1 rings (SSSR count). The summed E-state index contributed by atoms with van der Waals surface area (Å²) in [4.78, 5) is 0. The van der Waals surface area contributed by atoms with Gasteiger partial charge in [-0.1, -0.05) is 15.9 Å². The normalized spacial score (nSPS) is 11.5. The molecule has 19 heavy (non-hydrogen) atoms. The summed E-state index contributed by atoms with van der Waals surface area (Å²) >= 11 is 3.54. The second-order valence-corrected chi connectivity index (χ2v) is 5.72. The molecule has 5 heteroatoms. The van der Waals surface area contributed by atoms with Crippen LogP contribution in [-0.2, 0) is 11.3 Å². The molecule has 0 aliphatic rings. The van der Waals surface area contributed by atoms with Crippen molar-refractivity contribution in [1.82, 2.24) is 5.32 Å². The summed E-state index contributed by atoms with van der Waals surface area (Å²) in [6.07, 6.45) is 0. The Balaban J connectivity index is 2.73. The topological polar surface area (TPSA) is 39.7 Å². The fourth-order valence-electron chi connectivity index (χ4n) is 1.60. The molecule has 0 saturated carbocycles. The summed E-state index contributed by atoms with van der Waals surface area (Å²) in [6.45, 7) is 5.59. The molecule has 0 aliphatic carbocycles. The van der Waals surface area contributed by atoms with E-state index in [-0.39, 0.29) is 5.60 Å². The van der Waals surface area contributed by atoms with Crippen molar-refractivity contribution in [2.75, 3.05) is 27.9 Å². The van der Waals surface area contributed by atoms with Crippen molar-refractivity contribution < 1.29 is 14.2 Å². The summed E-state index contributed by atoms with van der Waals surface area (Å²) in [7, 11) is 4.98. The van der Waals surface area contributed by atoms with Crippen LogP contribution in [0.1, 0.15) is 19.4 Å². The summed E-state index contributed by atoms with van der Waals surface area (Å²) < 4.78 is 16.9. The molecule has 0 heterocycles.